The van der Waals surface area contributed by atoms with E-state index in [1.54, 1.807) is 0 Å². The van der Waals surface area contributed by atoms with E-state index in [2.05, 4.69) is 10.6 Å². The van der Waals surface area contributed by atoms with E-state index in [4.69, 9.17) is 10.8 Å². The molecule has 0 aromatic rings. The molecule has 0 radical (unpaired) electrons. The molecule has 0 saturated carbocycles. The van der Waals surface area contributed by atoms with Gasteiger partial charge in [0.1, 0.15) is 0 Å². The van der Waals surface area contributed by atoms with Gasteiger partial charge in [-0.1, -0.05) is 13.8 Å². The number of carboxylic acids is 1. The number of nitrogens with two attached hydrogens (primary N) is 1. The maximum Gasteiger partial charge on any atom is 0.315 e. The zero-order valence-corrected chi connectivity index (χ0v) is 10.0. The maximum atomic E-state index is 11.1. The Labute approximate surface area is 99.7 Å². The summed E-state index contributed by atoms with van der Waals surface area (Å²) in [6.45, 7) is 3.57. The lowest BCUT2D eigenvalue weighted by Gasteiger charge is -2.15. The third-order valence-electron chi connectivity index (χ3n) is 2.04. The molecule has 7 nitrogen and oxygen atoms in total. The maximum absolute atomic E-state index is 11.1. The lowest BCUT2D eigenvalue weighted by molar-refractivity contribution is -0.142. The van der Waals surface area contributed by atoms with Gasteiger partial charge in [-0.25, -0.2) is 4.79 Å². The summed E-state index contributed by atoms with van der Waals surface area (Å²) in [7, 11) is 0. The predicted octanol–water partition coefficient (Wildman–Crippen LogP) is -0.482. The molecule has 0 aliphatic carbocycles. The number of nitrogens with one attached hydrogen (secondary N) is 2. The van der Waals surface area contributed by atoms with Crippen LogP contribution in [0.5, 0.6) is 0 Å². The van der Waals surface area contributed by atoms with Crippen molar-refractivity contribution in [1.82, 2.24) is 10.6 Å². The monoisotopic (exact) mass is 245 g/mol. The summed E-state index contributed by atoms with van der Waals surface area (Å²) in [5.41, 5.74) is 4.84. The van der Waals surface area contributed by atoms with Gasteiger partial charge in [0, 0.05) is 6.54 Å². The number of aliphatic carboxylic acids is 1. The summed E-state index contributed by atoms with van der Waals surface area (Å²) in [5, 5.41) is 13.5. The smallest absolute Gasteiger partial charge is 0.315 e. The van der Waals surface area contributed by atoms with Crippen LogP contribution in [0.25, 0.3) is 0 Å². The Morgan fingerprint density at radius 1 is 1.24 bits per heavy atom. The Balaban J connectivity index is 3.99. The van der Waals surface area contributed by atoms with Crippen molar-refractivity contribution >= 4 is 17.9 Å². The molecule has 0 heterocycles. The second-order valence-electron chi connectivity index (χ2n) is 4.19. The first-order chi connectivity index (χ1) is 7.82. The van der Waals surface area contributed by atoms with E-state index >= 15 is 0 Å². The molecule has 0 saturated heterocycles. The first kappa shape index (κ1) is 15.2. The average molecular weight is 245 g/mol. The van der Waals surface area contributed by atoms with Gasteiger partial charge in [0.25, 0.3) is 0 Å². The van der Waals surface area contributed by atoms with Gasteiger partial charge in [0.2, 0.25) is 5.91 Å². The van der Waals surface area contributed by atoms with Gasteiger partial charge in [-0.2, -0.15) is 0 Å². The largest absolute Gasteiger partial charge is 0.481 e. The van der Waals surface area contributed by atoms with Crippen molar-refractivity contribution in [3.63, 3.8) is 0 Å². The lowest BCUT2D eigenvalue weighted by Crippen LogP contribution is -2.43. The quantitative estimate of drug-likeness (QED) is 0.483. The number of rotatable bonds is 7. The number of primary amides is 1. The van der Waals surface area contributed by atoms with Crippen LogP contribution in [0.4, 0.5) is 4.79 Å². The molecule has 0 rings (SSSR count). The van der Waals surface area contributed by atoms with Crippen molar-refractivity contribution in [3.05, 3.63) is 0 Å². The van der Waals surface area contributed by atoms with Crippen molar-refractivity contribution in [2.75, 3.05) is 13.1 Å². The predicted molar refractivity (Wildman–Crippen MR) is 61.2 cm³/mol. The normalized spacial score (nSPS) is 11.9. The van der Waals surface area contributed by atoms with E-state index in [0.29, 0.717) is 6.42 Å². The third-order valence-corrected chi connectivity index (χ3v) is 2.04. The number of carbonyl (C=O) groups excluding carboxylic acids is 2. The Kier molecular flexibility index (Phi) is 6.69. The van der Waals surface area contributed by atoms with Crippen molar-refractivity contribution in [3.8, 4) is 0 Å². The Bertz CT molecular complexity index is 291. The van der Waals surface area contributed by atoms with E-state index in [9.17, 15) is 14.4 Å². The van der Waals surface area contributed by atoms with Gasteiger partial charge in [0.05, 0.1) is 12.5 Å². The molecule has 1 atom stereocenters. The van der Waals surface area contributed by atoms with E-state index in [1.165, 1.54) is 0 Å². The highest BCUT2D eigenvalue weighted by Gasteiger charge is 2.19. The van der Waals surface area contributed by atoms with Gasteiger partial charge >= 0.3 is 12.0 Å². The molecular weight excluding hydrogens is 226 g/mol. The molecule has 98 valence electrons. The summed E-state index contributed by atoms with van der Waals surface area (Å²) in [6, 6.07) is -0.598. The molecule has 0 bridgehead atoms. The molecule has 7 heteroatoms. The molecule has 0 aromatic carbocycles. The molecule has 5 N–H and O–H groups in total. The number of urea groups is 1. The van der Waals surface area contributed by atoms with E-state index < -0.39 is 23.8 Å². The Morgan fingerprint density at radius 3 is 2.24 bits per heavy atom. The molecule has 0 aliphatic heterocycles. The number of hydrogen-bond acceptors (Lipinski definition) is 3. The van der Waals surface area contributed by atoms with Crippen LogP contribution in [0, 0.1) is 11.8 Å². The third kappa shape index (κ3) is 8.06. The summed E-state index contributed by atoms with van der Waals surface area (Å²) < 4.78 is 0. The van der Waals surface area contributed by atoms with Crippen molar-refractivity contribution in [2.24, 2.45) is 17.6 Å². The van der Waals surface area contributed by atoms with Gasteiger partial charge < -0.3 is 21.5 Å². The highest BCUT2D eigenvalue weighted by atomic mass is 16.4. The summed E-state index contributed by atoms with van der Waals surface area (Å²) in [4.78, 5) is 32.4. The first-order valence-electron chi connectivity index (χ1n) is 5.35. The first-order valence-corrected chi connectivity index (χ1v) is 5.35. The minimum Gasteiger partial charge on any atom is -0.481 e. The topological polar surface area (TPSA) is 122 Å². The molecule has 3 amide bonds. The van der Waals surface area contributed by atoms with Crippen LogP contribution < -0.4 is 16.4 Å². The minimum absolute atomic E-state index is 0.0259. The van der Waals surface area contributed by atoms with E-state index in [0.717, 1.165) is 0 Å². The van der Waals surface area contributed by atoms with Crippen LogP contribution in [0.3, 0.4) is 0 Å². The van der Waals surface area contributed by atoms with Gasteiger partial charge in [-0.3, -0.25) is 9.59 Å². The number of hydrogen-bond donors (Lipinski definition) is 4. The summed E-state index contributed by atoms with van der Waals surface area (Å²) in [6.07, 6.45) is 0.478. The van der Waals surface area contributed by atoms with Crippen LogP contribution in [-0.2, 0) is 9.59 Å². The number of amides is 3. The molecule has 0 spiro atoms. The van der Waals surface area contributed by atoms with E-state index in [-0.39, 0.29) is 19.0 Å². The minimum atomic E-state index is -0.950. The second-order valence-corrected chi connectivity index (χ2v) is 4.19. The number of carboxylic acid groups (broad SMARTS) is 1. The second kappa shape index (κ2) is 7.48. The van der Waals surface area contributed by atoms with Crippen LogP contribution in [0.2, 0.25) is 0 Å². The van der Waals surface area contributed by atoms with Gasteiger partial charge in [-0.15, -0.1) is 0 Å². The average Bonchev–Trinajstić information content (AvgIpc) is 2.20. The SMILES string of the molecule is CC(C)CC(CNC(=O)NCC(N)=O)C(=O)O. The Hall–Kier alpha value is -1.79. The standard InChI is InChI=1S/C10H19N3O4/c1-6(2)3-7(9(15)16)4-12-10(17)13-5-8(11)14/h6-7H,3-5H2,1-2H3,(H2,11,14)(H,15,16)(H2,12,13,17). The van der Waals surface area contributed by atoms with Crippen molar-refractivity contribution < 1.29 is 19.5 Å². The fourth-order valence-electron chi connectivity index (χ4n) is 1.29. The highest BCUT2D eigenvalue weighted by Crippen LogP contribution is 2.10. The van der Waals surface area contributed by atoms with Crippen LogP contribution >= 0.6 is 0 Å². The van der Waals surface area contributed by atoms with E-state index in [1.807, 2.05) is 13.8 Å². The fraction of sp³-hybridized carbons (Fsp3) is 0.700. The Morgan fingerprint density at radius 2 is 1.82 bits per heavy atom. The molecule has 0 aromatic heterocycles. The fourth-order valence-corrected chi connectivity index (χ4v) is 1.29. The molecule has 1 unspecified atom stereocenters. The highest BCUT2D eigenvalue weighted by molar-refractivity contribution is 5.83. The lowest BCUT2D eigenvalue weighted by atomic mass is 9.97. The van der Waals surface area contributed by atoms with Crippen LogP contribution in [0.15, 0.2) is 0 Å². The van der Waals surface area contributed by atoms with Crippen molar-refractivity contribution in [2.45, 2.75) is 20.3 Å². The van der Waals surface area contributed by atoms with Gasteiger partial charge in [0.15, 0.2) is 0 Å². The molecule has 17 heavy (non-hydrogen) atoms. The zero-order valence-electron chi connectivity index (χ0n) is 10.0. The number of carbonyl (C=O) groups is 3. The van der Waals surface area contributed by atoms with Gasteiger partial charge in [-0.05, 0) is 12.3 Å². The van der Waals surface area contributed by atoms with Crippen LogP contribution in [0.1, 0.15) is 20.3 Å². The van der Waals surface area contributed by atoms with Crippen LogP contribution in [-0.4, -0.2) is 36.1 Å². The molecule has 0 aliphatic rings. The molecular formula is C10H19N3O4. The zero-order chi connectivity index (χ0) is 13.4. The molecule has 0 fully saturated rings. The summed E-state index contributed by atoms with van der Waals surface area (Å²) in [5.74, 6) is -2.01. The summed E-state index contributed by atoms with van der Waals surface area (Å²) >= 11 is 0. The van der Waals surface area contributed by atoms with Crippen molar-refractivity contribution in [1.29, 1.82) is 0 Å².